The van der Waals surface area contributed by atoms with E-state index in [0.29, 0.717) is 6.54 Å². The number of nitrogens with one attached hydrogen (secondary N) is 1. The fourth-order valence-electron chi connectivity index (χ4n) is 2.16. The quantitative estimate of drug-likeness (QED) is 0.827. The number of nitrogens with zero attached hydrogens (tertiary/aromatic N) is 1. The second kappa shape index (κ2) is 5.71. The number of hydrogen-bond donors (Lipinski definition) is 1. The average molecular weight is 268 g/mol. The summed E-state index contributed by atoms with van der Waals surface area (Å²) in [6.07, 6.45) is 1.82. The summed E-state index contributed by atoms with van der Waals surface area (Å²) in [6, 6.07) is 7.78. The first-order valence-corrected chi connectivity index (χ1v) is 8.04. The van der Waals surface area contributed by atoms with Crippen LogP contribution in [-0.2, 0) is 16.6 Å². The molecule has 1 fully saturated rings. The van der Waals surface area contributed by atoms with Crippen molar-refractivity contribution in [2.75, 3.05) is 23.1 Å². The largest absolute Gasteiger partial charge is 0.313 e. The third-order valence-corrected chi connectivity index (χ3v) is 4.92. The molecule has 1 N–H and O–H groups in total. The van der Waals surface area contributed by atoms with Crippen LogP contribution in [0.3, 0.4) is 0 Å². The normalized spacial score (nSPS) is 18.2. The Balaban J connectivity index is 2.12. The molecule has 0 unspecified atom stereocenters. The van der Waals surface area contributed by atoms with E-state index in [0.717, 1.165) is 37.2 Å². The van der Waals surface area contributed by atoms with Gasteiger partial charge >= 0.3 is 0 Å². The molecule has 1 aromatic carbocycles. The van der Waals surface area contributed by atoms with Gasteiger partial charge in [0.2, 0.25) is 10.0 Å². The Morgan fingerprint density at radius 1 is 1.39 bits per heavy atom. The Hall–Kier alpha value is -1.07. The van der Waals surface area contributed by atoms with Crippen molar-refractivity contribution in [2.24, 2.45) is 0 Å². The highest BCUT2D eigenvalue weighted by molar-refractivity contribution is 7.93. The van der Waals surface area contributed by atoms with Gasteiger partial charge in [0.1, 0.15) is 0 Å². The zero-order valence-corrected chi connectivity index (χ0v) is 11.5. The second-order valence-electron chi connectivity index (χ2n) is 4.59. The van der Waals surface area contributed by atoms with Gasteiger partial charge in [-0.05, 0) is 37.1 Å². The molecule has 4 nitrogen and oxygen atoms in total. The van der Waals surface area contributed by atoms with Crippen LogP contribution in [0.15, 0.2) is 24.3 Å². The molecule has 0 radical (unpaired) electrons. The predicted octanol–water partition coefficient (Wildman–Crippen LogP) is 1.73. The lowest BCUT2D eigenvalue weighted by atomic mass is 10.2. The first-order valence-electron chi connectivity index (χ1n) is 6.43. The molecule has 0 amide bonds. The van der Waals surface area contributed by atoms with E-state index >= 15 is 0 Å². The third-order valence-electron chi connectivity index (χ3n) is 3.05. The van der Waals surface area contributed by atoms with Crippen molar-refractivity contribution in [3.05, 3.63) is 29.8 Å². The van der Waals surface area contributed by atoms with Crippen LogP contribution in [0.4, 0.5) is 5.69 Å². The first kappa shape index (κ1) is 13.4. The SMILES string of the molecule is CCCNCc1cccc(N2CCCS2(=O)=O)c1. The minimum atomic E-state index is -3.07. The minimum absolute atomic E-state index is 0.269. The summed E-state index contributed by atoms with van der Waals surface area (Å²) in [5, 5.41) is 3.32. The highest BCUT2D eigenvalue weighted by atomic mass is 32.2. The Morgan fingerprint density at radius 3 is 2.89 bits per heavy atom. The third kappa shape index (κ3) is 3.03. The van der Waals surface area contributed by atoms with Crippen molar-refractivity contribution in [3.63, 3.8) is 0 Å². The van der Waals surface area contributed by atoms with Crippen molar-refractivity contribution >= 4 is 15.7 Å². The Bertz CT molecular complexity index is 499. The van der Waals surface area contributed by atoms with Crippen LogP contribution in [0, 0.1) is 0 Å². The highest BCUT2D eigenvalue weighted by Gasteiger charge is 2.28. The van der Waals surface area contributed by atoms with Gasteiger partial charge < -0.3 is 5.32 Å². The fourth-order valence-corrected chi connectivity index (χ4v) is 3.72. The molecule has 1 aliphatic heterocycles. The molecule has 18 heavy (non-hydrogen) atoms. The standard InChI is InChI=1S/C13H20N2O2S/c1-2-7-14-11-12-5-3-6-13(10-12)15-8-4-9-18(15,16)17/h3,5-6,10,14H,2,4,7-9,11H2,1H3. The number of hydrogen-bond acceptors (Lipinski definition) is 3. The van der Waals surface area contributed by atoms with Gasteiger partial charge in [0.15, 0.2) is 0 Å². The van der Waals surface area contributed by atoms with E-state index in [1.54, 1.807) is 0 Å². The zero-order chi connectivity index (χ0) is 13.0. The summed E-state index contributed by atoms with van der Waals surface area (Å²) in [4.78, 5) is 0. The molecule has 0 atom stereocenters. The lowest BCUT2D eigenvalue weighted by Gasteiger charge is -2.17. The maximum atomic E-state index is 11.8. The van der Waals surface area contributed by atoms with E-state index in [9.17, 15) is 8.42 Å². The number of rotatable bonds is 5. The smallest absolute Gasteiger partial charge is 0.235 e. The van der Waals surface area contributed by atoms with E-state index < -0.39 is 10.0 Å². The summed E-state index contributed by atoms with van der Waals surface area (Å²) in [6.45, 7) is 4.50. The molecule has 1 aromatic rings. The maximum Gasteiger partial charge on any atom is 0.235 e. The fraction of sp³-hybridized carbons (Fsp3) is 0.538. The molecule has 5 heteroatoms. The molecule has 0 aliphatic carbocycles. The van der Waals surface area contributed by atoms with Gasteiger partial charge in [-0.1, -0.05) is 19.1 Å². The van der Waals surface area contributed by atoms with Crippen LogP contribution in [0.1, 0.15) is 25.3 Å². The molecule has 0 saturated carbocycles. The molecule has 100 valence electrons. The summed E-state index contributed by atoms with van der Waals surface area (Å²) < 4.78 is 25.2. The topological polar surface area (TPSA) is 49.4 Å². The summed E-state index contributed by atoms with van der Waals surface area (Å²) >= 11 is 0. The Kier molecular flexibility index (Phi) is 4.24. The maximum absolute atomic E-state index is 11.8. The van der Waals surface area contributed by atoms with Gasteiger partial charge in [0.25, 0.3) is 0 Å². The highest BCUT2D eigenvalue weighted by Crippen LogP contribution is 2.24. The van der Waals surface area contributed by atoms with Crippen molar-refractivity contribution in [3.8, 4) is 0 Å². The van der Waals surface area contributed by atoms with Crippen molar-refractivity contribution in [1.29, 1.82) is 0 Å². The van der Waals surface area contributed by atoms with Crippen molar-refractivity contribution in [1.82, 2.24) is 5.32 Å². The van der Waals surface area contributed by atoms with Crippen molar-refractivity contribution in [2.45, 2.75) is 26.3 Å². The van der Waals surface area contributed by atoms with Crippen LogP contribution in [0.25, 0.3) is 0 Å². The van der Waals surface area contributed by atoms with Crippen LogP contribution >= 0.6 is 0 Å². The van der Waals surface area contributed by atoms with E-state index in [1.807, 2.05) is 24.3 Å². The van der Waals surface area contributed by atoms with Crippen molar-refractivity contribution < 1.29 is 8.42 Å². The van der Waals surface area contributed by atoms with Gasteiger partial charge in [-0.3, -0.25) is 4.31 Å². The Labute approximate surface area is 109 Å². The lowest BCUT2D eigenvalue weighted by Crippen LogP contribution is -2.25. The van der Waals surface area contributed by atoms with Crippen LogP contribution < -0.4 is 9.62 Å². The molecular weight excluding hydrogens is 248 g/mol. The zero-order valence-electron chi connectivity index (χ0n) is 10.7. The van der Waals surface area contributed by atoms with Crippen LogP contribution in [0.2, 0.25) is 0 Å². The molecular formula is C13H20N2O2S. The summed E-state index contributed by atoms with van der Waals surface area (Å²) in [5.41, 5.74) is 1.92. The molecule has 1 saturated heterocycles. The van der Waals surface area contributed by atoms with Gasteiger partial charge in [-0.2, -0.15) is 0 Å². The summed E-state index contributed by atoms with van der Waals surface area (Å²) in [7, 11) is -3.07. The number of anilines is 1. The molecule has 1 aliphatic rings. The first-order chi connectivity index (χ1) is 8.63. The second-order valence-corrected chi connectivity index (χ2v) is 6.60. The molecule has 0 aromatic heterocycles. The van der Waals surface area contributed by atoms with E-state index in [2.05, 4.69) is 12.2 Å². The summed E-state index contributed by atoms with van der Waals surface area (Å²) in [5.74, 6) is 0.269. The van der Waals surface area contributed by atoms with Gasteiger partial charge in [-0.15, -0.1) is 0 Å². The number of benzene rings is 1. The average Bonchev–Trinajstić information content (AvgIpc) is 2.70. The van der Waals surface area contributed by atoms with Crippen LogP contribution in [0.5, 0.6) is 0 Å². The molecule has 0 bridgehead atoms. The predicted molar refractivity (Wildman–Crippen MR) is 74.2 cm³/mol. The monoisotopic (exact) mass is 268 g/mol. The van der Waals surface area contributed by atoms with Gasteiger partial charge in [0.05, 0.1) is 11.4 Å². The minimum Gasteiger partial charge on any atom is -0.313 e. The van der Waals surface area contributed by atoms with Crippen LogP contribution in [-0.4, -0.2) is 27.3 Å². The van der Waals surface area contributed by atoms with Gasteiger partial charge in [0, 0.05) is 13.1 Å². The van der Waals surface area contributed by atoms with E-state index in [-0.39, 0.29) is 5.75 Å². The van der Waals surface area contributed by atoms with E-state index in [1.165, 1.54) is 4.31 Å². The number of sulfonamides is 1. The van der Waals surface area contributed by atoms with Gasteiger partial charge in [-0.25, -0.2) is 8.42 Å². The van der Waals surface area contributed by atoms with E-state index in [4.69, 9.17) is 0 Å². The Morgan fingerprint density at radius 2 is 2.22 bits per heavy atom. The molecule has 0 spiro atoms. The lowest BCUT2D eigenvalue weighted by molar-refractivity contribution is 0.599. The molecule has 2 rings (SSSR count). The molecule has 1 heterocycles.